The molecule has 6 rings (SSSR count). The first-order valence-corrected chi connectivity index (χ1v) is 15.9. The number of aromatic nitrogens is 4. The second-order valence-corrected chi connectivity index (χ2v) is 14.0. The Hall–Kier alpha value is -5.03. The van der Waals surface area contributed by atoms with Crippen LogP contribution in [0, 0.1) is 0 Å². The summed E-state index contributed by atoms with van der Waals surface area (Å²) in [5, 5.41) is 1.35. The normalized spacial score (nSPS) is 13.4. The number of para-hydroxylation sites is 1. The van der Waals surface area contributed by atoms with E-state index in [0.29, 0.717) is 32.7 Å². The molecular weight excluding hydrogens is 634 g/mol. The summed E-state index contributed by atoms with van der Waals surface area (Å²) < 4.78 is 18.4. The van der Waals surface area contributed by atoms with Gasteiger partial charge in [0.1, 0.15) is 28.4 Å². The van der Waals surface area contributed by atoms with Gasteiger partial charge in [-0.3, -0.25) is 9.55 Å². The molecule has 0 saturated heterocycles. The average Bonchev–Trinajstić information content (AvgIpc) is 3.78. The Balaban J connectivity index is 1.57. The summed E-state index contributed by atoms with van der Waals surface area (Å²) in [4.78, 5) is 54.7. The van der Waals surface area contributed by atoms with Crippen molar-refractivity contribution in [2.75, 3.05) is 12.0 Å². The quantitative estimate of drug-likeness (QED) is 0.133. The zero-order valence-corrected chi connectivity index (χ0v) is 28.6. The molecule has 0 aliphatic heterocycles. The van der Waals surface area contributed by atoms with Gasteiger partial charge in [0.15, 0.2) is 0 Å². The van der Waals surface area contributed by atoms with Crippen LogP contribution >= 0.6 is 11.6 Å². The Morgan fingerprint density at radius 1 is 0.854 bits per heavy atom. The minimum atomic E-state index is -0.942. The lowest BCUT2D eigenvalue weighted by Crippen LogP contribution is -2.44. The van der Waals surface area contributed by atoms with Crippen LogP contribution in [0.4, 0.5) is 15.4 Å². The van der Waals surface area contributed by atoms with Gasteiger partial charge in [-0.05, 0) is 102 Å². The fourth-order valence-electron chi connectivity index (χ4n) is 5.41. The summed E-state index contributed by atoms with van der Waals surface area (Å²) in [6, 6.07) is 14.4. The lowest BCUT2D eigenvalue weighted by atomic mass is 10.0. The molecule has 1 fully saturated rings. The van der Waals surface area contributed by atoms with Crippen LogP contribution in [-0.4, -0.2) is 56.0 Å². The van der Waals surface area contributed by atoms with Crippen molar-refractivity contribution in [2.45, 2.75) is 71.5 Å². The molecule has 11 nitrogen and oxygen atoms in total. The average molecular weight is 670 g/mol. The van der Waals surface area contributed by atoms with Crippen LogP contribution in [0.3, 0.4) is 0 Å². The number of fused-ring (bicyclic) bond motifs is 2. The number of imidazole rings is 1. The highest BCUT2D eigenvalue weighted by molar-refractivity contribution is 6.35. The number of hydrogen-bond acceptors (Lipinski definition) is 9. The molecule has 0 N–H and O–H groups in total. The third-order valence-corrected chi connectivity index (χ3v) is 7.84. The number of amides is 2. The van der Waals surface area contributed by atoms with Crippen molar-refractivity contribution in [3.05, 3.63) is 77.3 Å². The fourth-order valence-corrected chi connectivity index (χ4v) is 5.64. The molecule has 0 unspecified atom stereocenters. The predicted octanol–water partition coefficient (Wildman–Crippen LogP) is 8.63. The molecule has 48 heavy (non-hydrogen) atoms. The predicted molar refractivity (Wildman–Crippen MR) is 183 cm³/mol. The van der Waals surface area contributed by atoms with Crippen LogP contribution in [0.2, 0.25) is 5.02 Å². The maximum absolute atomic E-state index is 13.4. The van der Waals surface area contributed by atoms with E-state index in [1.807, 2.05) is 24.3 Å². The number of nitrogens with zero attached hydrogens (tertiary/aromatic N) is 5. The summed E-state index contributed by atoms with van der Waals surface area (Å²) in [5.74, 6) is 0.446. The first-order valence-electron chi connectivity index (χ1n) is 15.6. The highest BCUT2D eigenvalue weighted by Gasteiger charge is 2.35. The maximum atomic E-state index is 13.4. The molecule has 0 spiro atoms. The number of anilines is 1. The monoisotopic (exact) mass is 669 g/mol. The standard InChI is InChI=1S/C36H36ClN5O6/c1-35(2,3)47-33(44)42(34(45)48-36(4,5)6)28-19-21(13-15-38-28)22-17-24(32(43)46-7)30-27(18-22)41(31(40-30)20-11-12-20)26-14-16-39-29-23(26)9-8-10-25(29)37/h8-10,13-20H,11-12H2,1-7H3. The fraction of sp³-hybridized carbons (Fsp3) is 0.333. The van der Waals surface area contributed by atoms with Gasteiger partial charge < -0.3 is 14.2 Å². The maximum Gasteiger partial charge on any atom is 0.425 e. The largest absolute Gasteiger partial charge is 0.465 e. The van der Waals surface area contributed by atoms with Gasteiger partial charge in [-0.15, -0.1) is 0 Å². The van der Waals surface area contributed by atoms with E-state index in [1.54, 1.807) is 72.0 Å². The molecule has 3 heterocycles. The molecular formula is C36H36ClN5O6. The third kappa shape index (κ3) is 6.55. The van der Waals surface area contributed by atoms with Gasteiger partial charge >= 0.3 is 18.2 Å². The van der Waals surface area contributed by atoms with Crippen LogP contribution in [0.1, 0.15) is 76.5 Å². The van der Waals surface area contributed by atoms with E-state index in [9.17, 15) is 14.4 Å². The lowest BCUT2D eigenvalue weighted by molar-refractivity contribution is 0.0428. The summed E-state index contributed by atoms with van der Waals surface area (Å²) in [6.07, 6.45) is 3.22. The molecule has 12 heteroatoms. The van der Waals surface area contributed by atoms with E-state index in [-0.39, 0.29) is 17.3 Å². The molecule has 2 aromatic carbocycles. The highest BCUT2D eigenvalue weighted by Crippen LogP contribution is 2.44. The Kier molecular flexibility index (Phi) is 8.36. The number of hydrogen-bond donors (Lipinski definition) is 0. The van der Waals surface area contributed by atoms with E-state index < -0.39 is 29.4 Å². The van der Waals surface area contributed by atoms with E-state index in [0.717, 1.165) is 34.6 Å². The molecule has 1 aliphatic rings. The smallest absolute Gasteiger partial charge is 0.425 e. The number of methoxy groups -OCH3 is 1. The zero-order valence-electron chi connectivity index (χ0n) is 27.8. The van der Waals surface area contributed by atoms with Gasteiger partial charge in [-0.1, -0.05) is 23.7 Å². The summed E-state index contributed by atoms with van der Waals surface area (Å²) in [6.45, 7) is 10.2. The van der Waals surface area contributed by atoms with Gasteiger partial charge in [0.25, 0.3) is 0 Å². The summed E-state index contributed by atoms with van der Waals surface area (Å²) in [5.41, 5.74) is 2.24. The second-order valence-electron chi connectivity index (χ2n) is 13.6. The Labute approximate surface area is 282 Å². The second kappa shape index (κ2) is 12.2. The van der Waals surface area contributed by atoms with Crippen molar-refractivity contribution in [1.29, 1.82) is 0 Å². The number of imide groups is 1. The molecule has 0 atom stereocenters. The van der Waals surface area contributed by atoms with Crippen molar-refractivity contribution in [2.24, 2.45) is 0 Å². The van der Waals surface area contributed by atoms with Gasteiger partial charge in [0.05, 0.1) is 34.4 Å². The topological polar surface area (TPSA) is 126 Å². The minimum Gasteiger partial charge on any atom is -0.465 e. The van der Waals surface area contributed by atoms with E-state index in [4.69, 9.17) is 30.8 Å². The molecule has 3 aromatic heterocycles. The highest BCUT2D eigenvalue weighted by atomic mass is 35.5. The number of rotatable bonds is 5. The van der Waals surface area contributed by atoms with E-state index in [1.165, 1.54) is 13.3 Å². The van der Waals surface area contributed by atoms with Crippen LogP contribution < -0.4 is 4.90 Å². The molecule has 0 radical (unpaired) electrons. The summed E-state index contributed by atoms with van der Waals surface area (Å²) in [7, 11) is 1.32. The number of carbonyl (C=O) groups is 3. The Bertz CT molecular complexity index is 2060. The molecule has 0 bridgehead atoms. The number of pyridine rings is 2. The molecule has 2 amide bonds. The molecule has 1 aliphatic carbocycles. The van der Waals surface area contributed by atoms with E-state index >= 15 is 0 Å². The molecule has 5 aromatic rings. The minimum absolute atomic E-state index is 0.0161. The number of halogens is 1. The van der Waals surface area contributed by atoms with Crippen LogP contribution in [0.25, 0.3) is 38.8 Å². The van der Waals surface area contributed by atoms with Crippen LogP contribution in [0.5, 0.6) is 0 Å². The third-order valence-electron chi connectivity index (χ3n) is 7.53. The van der Waals surface area contributed by atoms with Gasteiger partial charge in [-0.25, -0.2) is 24.4 Å². The van der Waals surface area contributed by atoms with Crippen molar-refractivity contribution in [3.63, 3.8) is 0 Å². The Morgan fingerprint density at radius 3 is 2.15 bits per heavy atom. The van der Waals surface area contributed by atoms with Crippen molar-refractivity contribution in [3.8, 4) is 16.8 Å². The van der Waals surface area contributed by atoms with Gasteiger partial charge in [0.2, 0.25) is 0 Å². The lowest BCUT2D eigenvalue weighted by Gasteiger charge is -2.28. The SMILES string of the molecule is COC(=O)c1cc(-c2ccnc(N(C(=O)OC(C)(C)C)C(=O)OC(C)(C)C)c2)cc2c1nc(C1CC1)n2-c1ccnc2c(Cl)cccc12. The summed E-state index contributed by atoms with van der Waals surface area (Å²) >= 11 is 6.55. The number of carbonyl (C=O) groups excluding carboxylic acids is 3. The van der Waals surface area contributed by atoms with Crippen LogP contribution in [-0.2, 0) is 14.2 Å². The zero-order chi connectivity index (χ0) is 34.5. The van der Waals surface area contributed by atoms with Crippen molar-refractivity contribution < 1.29 is 28.6 Å². The van der Waals surface area contributed by atoms with Crippen molar-refractivity contribution >= 4 is 57.5 Å². The first kappa shape index (κ1) is 32.9. The van der Waals surface area contributed by atoms with Crippen molar-refractivity contribution in [1.82, 2.24) is 19.5 Å². The Morgan fingerprint density at radius 2 is 1.52 bits per heavy atom. The van der Waals surface area contributed by atoms with Gasteiger partial charge in [-0.2, -0.15) is 4.90 Å². The number of esters is 1. The number of benzene rings is 2. The molecule has 1 saturated carbocycles. The molecule has 248 valence electrons. The van der Waals surface area contributed by atoms with Gasteiger partial charge in [0, 0.05) is 23.7 Å². The number of ether oxygens (including phenoxy) is 3. The first-order chi connectivity index (χ1) is 22.6. The van der Waals surface area contributed by atoms with E-state index in [2.05, 4.69) is 14.5 Å². The van der Waals surface area contributed by atoms with Crippen LogP contribution in [0.15, 0.2) is 60.9 Å².